The molecule has 0 unspecified atom stereocenters. The van der Waals surface area contributed by atoms with E-state index in [4.69, 9.17) is 0 Å². The van der Waals surface area contributed by atoms with Gasteiger partial charge in [0.2, 0.25) is 16.5 Å². The zero-order chi connectivity index (χ0) is 12.7. The minimum atomic E-state index is -4.57. The highest BCUT2D eigenvalue weighted by molar-refractivity contribution is 6.92. The van der Waals surface area contributed by atoms with Gasteiger partial charge in [0.15, 0.2) is 0 Å². The molecule has 0 aliphatic rings. The van der Waals surface area contributed by atoms with Crippen molar-refractivity contribution in [1.82, 2.24) is 4.65 Å². The summed E-state index contributed by atoms with van der Waals surface area (Å²) >= 11 is 0. The van der Waals surface area contributed by atoms with Crippen LogP contribution in [-0.4, -0.2) is 28.1 Å². The van der Waals surface area contributed by atoms with Crippen molar-refractivity contribution in [3.63, 3.8) is 0 Å². The highest BCUT2D eigenvalue weighted by atomic mass is 28.4. The van der Waals surface area contributed by atoms with Crippen LogP contribution in [0.4, 0.5) is 26.3 Å². The minimum absolute atomic E-state index is 0.841. The molecule has 0 fully saturated rings. The lowest BCUT2D eigenvalue weighted by Crippen LogP contribution is -2.71. The first kappa shape index (κ1) is 15.0. The predicted octanol–water partition coefficient (Wildman–Crippen LogP) is 3.19. The molecule has 0 bridgehead atoms. The SMILES string of the molecule is C[Si](C)(N[Si](C)(C)C(F)(F)F)C(F)(F)F. The summed E-state index contributed by atoms with van der Waals surface area (Å²) in [5.41, 5.74) is 0. The van der Waals surface area contributed by atoms with Gasteiger partial charge in [0, 0.05) is 0 Å². The molecule has 0 spiro atoms. The van der Waals surface area contributed by atoms with Gasteiger partial charge in [-0.05, 0) is 26.2 Å². The maximum absolute atomic E-state index is 12.4. The van der Waals surface area contributed by atoms with E-state index in [-0.39, 0.29) is 0 Å². The van der Waals surface area contributed by atoms with E-state index in [1.54, 1.807) is 0 Å². The van der Waals surface area contributed by atoms with E-state index in [0.29, 0.717) is 0 Å². The van der Waals surface area contributed by atoms with Crippen molar-refractivity contribution >= 4 is 16.5 Å². The Labute approximate surface area is 86.0 Å². The van der Waals surface area contributed by atoms with Gasteiger partial charge in [-0.1, -0.05) is 0 Å². The molecule has 0 aromatic rings. The maximum atomic E-state index is 12.4. The molecule has 92 valence electrons. The number of nitrogens with one attached hydrogen (secondary N) is 1. The van der Waals surface area contributed by atoms with E-state index in [9.17, 15) is 26.3 Å². The maximum Gasteiger partial charge on any atom is 0.375 e. The van der Waals surface area contributed by atoms with E-state index in [0.717, 1.165) is 26.2 Å². The Hall–Kier alpha value is -0.0262. The van der Waals surface area contributed by atoms with Gasteiger partial charge in [-0.15, -0.1) is 0 Å². The van der Waals surface area contributed by atoms with E-state index in [1.165, 1.54) is 0 Å². The molecule has 0 heterocycles. The van der Waals surface area contributed by atoms with Gasteiger partial charge in [-0.25, -0.2) is 0 Å². The minimum Gasteiger partial charge on any atom is -0.346 e. The van der Waals surface area contributed by atoms with Gasteiger partial charge in [0.25, 0.3) is 0 Å². The molecule has 0 saturated heterocycles. The lowest BCUT2D eigenvalue weighted by atomic mass is 11.5. The smallest absolute Gasteiger partial charge is 0.346 e. The topological polar surface area (TPSA) is 12.0 Å². The summed E-state index contributed by atoms with van der Waals surface area (Å²) in [7, 11) is -8.12. The second kappa shape index (κ2) is 3.77. The molecule has 0 aromatic carbocycles. The van der Waals surface area contributed by atoms with E-state index in [1.807, 2.05) is 4.65 Å². The van der Waals surface area contributed by atoms with Crippen LogP contribution in [0, 0.1) is 0 Å². The fraction of sp³-hybridized carbons (Fsp3) is 1.00. The highest BCUT2D eigenvalue weighted by Gasteiger charge is 2.59. The number of alkyl halides is 6. The molecule has 0 aromatic heterocycles. The largest absolute Gasteiger partial charge is 0.375 e. The normalized spacial score (nSPS) is 15.6. The fourth-order valence-electron chi connectivity index (χ4n) is 0.923. The van der Waals surface area contributed by atoms with Gasteiger partial charge in [0.05, 0.1) is 0 Å². The Bertz CT molecular complexity index is 207. The van der Waals surface area contributed by atoms with Crippen molar-refractivity contribution in [3.8, 4) is 0 Å². The monoisotopic (exact) mass is 269 g/mol. The molecule has 0 saturated carbocycles. The van der Waals surface area contributed by atoms with Crippen LogP contribution in [-0.2, 0) is 0 Å². The Morgan fingerprint density at radius 3 is 1.00 bits per heavy atom. The number of hydrogen-bond donors (Lipinski definition) is 1. The summed E-state index contributed by atoms with van der Waals surface area (Å²) in [5.74, 6) is -9.13. The summed E-state index contributed by atoms with van der Waals surface area (Å²) in [4.78, 5) is 0. The average Bonchev–Trinajstić information content (AvgIpc) is 1.77. The van der Waals surface area contributed by atoms with E-state index >= 15 is 0 Å². The van der Waals surface area contributed by atoms with Crippen LogP contribution in [0.5, 0.6) is 0 Å². The fourth-order valence-corrected chi connectivity index (χ4v) is 8.31. The summed E-state index contributed by atoms with van der Waals surface area (Å²) in [5, 5.41) is 0. The van der Waals surface area contributed by atoms with Crippen LogP contribution in [0.2, 0.25) is 26.2 Å². The van der Waals surface area contributed by atoms with Crippen LogP contribution >= 0.6 is 0 Å². The molecule has 1 N–H and O–H groups in total. The summed E-state index contributed by atoms with van der Waals surface area (Å²) < 4.78 is 76.3. The molecule has 0 amide bonds. The van der Waals surface area contributed by atoms with Crippen LogP contribution in [0.3, 0.4) is 0 Å². The van der Waals surface area contributed by atoms with E-state index in [2.05, 4.69) is 0 Å². The molecule has 9 heteroatoms. The molecule has 15 heavy (non-hydrogen) atoms. The Balaban J connectivity index is 4.89. The quantitative estimate of drug-likeness (QED) is 0.599. The zero-order valence-corrected chi connectivity index (χ0v) is 10.8. The first-order valence-corrected chi connectivity index (χ1v) is 10.1. The summed E-state index contributed by atoms with van der Waals surface area (Å²) in [6, 6.07) is 0. The predicted molar refractivity (Wildman–Crippen MR) is 50.2 cm³/mol. The first-order chi connectivity index (χ1) is 6.21. The van der Waals surface area contributed by atoms with Crippen LogP contribution in [0.1, 0.15) is 0 Å². The van der Waals surface area contributed by atoms with Crippen molar-refractivity contribution in [2.75, 3.05) is 0 Å². The Morgan fingerprint density at radius 1 is 0.667 bits per heavy atom. The second-order valence-electron chi connectivity index (χ2n) is 4.37. The van der Waals surface area contributed by atoms with Crippen molar-refractivity contribution < 1.29 is 26.3 Å². The molecule has 0 atom stereocenters. The van der Waals surface area contributed by atoms with Crippen molar-refractivity contribution in [3.05, 3.63) is 0 Å². The molecular formula is C6H13F6NSi2. The Morgan fingerprint density at radius 2 is 0.867 bits per heavy atom. The lowest BCUT2D eigenvalue weighted by Gasteiger charge is -2.36. The average molecular weight is 269 g/mol. The highest BCUT2D eigenvalue weighted by Crippen LogP contribution is 2.32. The number of halogens is 6. The zero-order valence-electron chi connectivity index (χ0n) is 8.77. The molecule has 0 aliphatic heterocycles. The van der Waals surface area contributed by atoms with Crippen LogP contribution < -0.4 is 4.65 Å². The standard InChI is InChI=1S/C6H13F6NSi2/c1-14(2,5(7,8)9)13-15(3,4)6(10,11)12/h13H,1-4H3. The van der Waals surface area contributed by atoms with Gasteiger partial charge >= 0.3 is 11.6 Å². The first-order valence-electron chi connectivity index (χ1n) is 4.13. The third-order valence-electron chi connectivity index (χ3n) is 2.04. The third-order valence-corrected chi connectivity index (χ3v) is 9.88. The summed E-state index contributed by atoms with van der Waals surface area (Å²) in [6.45, 7) is 3.36. The van der Waals surface area contributed by atoms with Gasteiger partial charge in [-0.2, -0.15) is 26.3 Å². The number of rotatable bonds is 2. The van der Waals surface area contributed by atoms with E-state index < -0.39 is 28.1 Å². The molecule has 0 rings (SSSR count). The van der Waals surface area contributed by atoms with Gasteiger partial charge < -0.3 is 4.65 Å². The lowest BCUT2D eigenvalue weighted by molar-refractivity contribution is -0.0627. The van der Waals surface area contributed by atoms with Gasteiger partial charge in [-0.3, -0.25) is 0 Å². The second-order valence-corrected chi connectivity index (χ2v) is 13.0. The molecule has 0 aliphatic carbocycles. The molecule has 0 radical (unpaired) electrons. The van der Waals surface area contributed by atoms with Crippen molar-refractivity contribution in [2.45, 2.75) is 37.8 Å². The number of hydrogen-bond acceptors (Lipinski definition) is 1. The third kappa shape index (κ3) is 3.49. The van der Waals surface area contributed by atoms with Crippen LogP contribution in [0.15, 0.2) is 0 Å². The molecular weight excluding hydrogens is 256 g/mol. The van der Waals surface area contributed by atoms with Crippen molar-refractivity contribution in [1.29, 1.82) is 0 Å². The molecule has 1 nitrogen and oxygen atoms in total. The summed E-state index contributed by atoms with van der Waals surface area (Å²) in [6.07, 6.45) is 0. The Kier molecular flexibility index (Phi) is 3.76. The van der Waals surface area contributed by atoms with Crippen molar-refractivity contribution in [2.24, 2.45) is 0 Å². The van der Waals surface area contributed by atoms with Gasteiger partial charge in [0.1, 0.15) is 0 Å². The van der Waals surface area contributed by atoms with Crippen LogP contribution in [0.25, 0.3) is 0 Å².